The Kier molecular flexibility index (Phi) is 5.81. The zero-order valence-corrected chi connectivity index (χ0v) is 18.5. The molecule has 0 radical (unpaired) electrons. The molecule has 1 aromatic heterocycles. The first-order valence-corrected chi connectivity index (χ1v) is 11.3. The molecule has 1 N–H and O–H groups in total. The molecular weight excluding hydrogens is 420 g/mol. The summed E-state index contributed by atoms with van der Waals surface area (Å²) in [5.41, 5.74) is 2.19. The minimum atomic E-state index is -0.113. The third kappa shape index (κ3) is 4.74. The first kappa shape index (κ1) is 21.2. The van der Waals surface area contributed by atoms with E-state index in [0.717, 1.165) is 29.8 Å². The van der Waals surface area contributed by atoms with Crippen LogP contribution in [0, 0.1) is 5.92 Å². The van der Waals surface area contributed by atoms with E-state index in [1.165, 1.54) is 0 Å². The lowest BCUT2D eigenvalue weighted by molar-refractivity contribution is -0.121. The standard InChI is InChI=1S/C25H26N4O4/c1-32-21-10-8-20(9-11-21)26-23(30)17-12-14-29(15-13-17)25(31)19-6-2-16(3-7-19)22-27-24(33-28-22)18-4-5-18/h2-3,6-11,17-18H,4-5,12-15H2,1H3,(H,26,30). The van der Waals surface area contributed by atoms with Gasteiger partial charge in [0.2, 0.25) is 17.6 Å². The number of benzene rings is 2. The summed E-state index contributed by atoms with van der Waals surface area (Å²) in [6.45, 7) is 1.10. The summed E-state index contributed by atoms with van der Waals surface area (Å²) in [7, 11) is 1.61. The molecule has 0 unspecified atom stereocenters. The Labute approximate surface area is 191 Å². The largest absolute Gasteiger partial charge is 0.497 e. The second kappa shape index (κ2) is 9.05. The van der Waals surface area contributed by atoms with Crippen LogP contribution in [0.1, 0.15) is 47.8 Å². The summed E-state index contributed by atoms with van der Waals surface area (Å²) >= 11 is 0. The van der Waals surface area contributed by atoms with Gasteiger partial charge >= 0.3 is 0 Å². The maximum absolute atomic E-state index is 12.9. The lowest BCUT2D eigenvalue weighted by Crippen LogP contribution is -2.41. The molecule has 1 aliphatic heterocycles. The van der Waals surface area contributed by atoms with Gasteiger partial charge in [0.25, 0.3) is 5.91 Å². The maximum Gasteiger partial charge on any atom is 0.253 e. The molecule has 2 amide bonds. The summed E-state index contributed by atoms with van der Waals surface area (Å²) in [6.07, 6.45) is 3.49. The van der Waals surface area contributed by atoms with Gasteiger partial charge in [0, 0.05) is 41.7 Å². The van der Waals surface area contributed by atoms with Crippen molar-refractivity contribution in [1.29, 1.82) is 0 Å². The number of methoxy groups -OCH3 is 1. The Balaban J connectivity index is 1.14. The number of piperidine rings is 1. The van der Waals surface area contributed by atoms with Gasteiger partial charge in [-0.2, -0.15) is 4.98 Å². The SMILES string of the molecule is COc1ccc(NC(=O)C2CCN(C(=O)c3ccc(-c4noc(C5CC5)n4)cc3)CC2)cc1. The minimum Gasteiger partial charge on any atom is -0.497 e. The Morgan fingerprint density at radius 2 is 1.70 bits per heavy atom. The first-order valence-electron chi connectivity index (χ1n) is 11.3. The number of anilines is 1. The highest BCUT2D eigenvalue weighted by Crippen LogP contribution is 2.39. The number of rotatable bonds is 6. The Morgan fingerprint density at radius 3 is 2.33 bits per heavy atom. The van der Waals surface area contributed by atoms with E-state index in [9.17, 15) is 9.59 Å². The zero-order valence-electron chi connectivity index (χ0n) is 18.5. The monoisotopic (exact) mass is 446 g/mol. The highest BCUT2D eigenvalue weighted by atomic mass is 16.5. The van der Waals surface area contributed by atoms with Crippen molar-refractivity contribution in [3.05, 3.63) is 60.0 Å². The maximum atomic E-state index is 12.9. The molecule has 33 heavy (non-hydrogen) atoms. The van der Waals surface area contributed by atoms with Gasteiger partial charge < -0.3 is 19.5 Å². The van der Waals surface area contributed by atoms with E-state index in [2.05, 4.69) is 15.5 Å². The van der Waals surface area contributed by atoms with Gasteiger partial charge in [-0.1, -0.05) is 17.3 Å². The number of carbonyl (C=O) groups is 2. The molecule has 2 fully saturated rings. The summed E-state index contributed by atoms with van der Waals surface area (Å²) in [5, 5.41) is 7.01. The fourth-order valence-corrected chi connectivity index (χ4v) is 4.06. The fraction of sp³-hybridized carbons (Fsp3) is 0.360. The van der Waals surface area contributed by atoms with Crippen molar-refractivity contribution in [1.82, 2.24) is 15.0 Å². The molecule has 2 aromatic carbocycles. The summed E-state index contributed by atoms with van der Waals surface area (Å²) < 4.78 is 10.5. The molecule has 2 aliphatic rings. The normalized spacial score (nSPS) is 16.5. The first-order chi connectivity index (χ1) is 16.1. The highest BCUT2D eigenvalue weighted by Gasteiger charge is 2.30. The lowest BCUT2D eigenvalue weighted by Gasteiger charge is -2.31. The van der Waals surface area contributed by atoms with Crippen molar-refractivity contribution >= 4 is 17.5 Å². The van der Waals surface area contributed by atoms with Crippen LogP contribution in [0.25, 0.3) is 11.4 Å². The van der Waals surface area contributed by atoms with Crippen LogP contribution in [0.15, 0.2) is 53.1 Å². The van der Waals surface area contributed by atoms with E-state index in [-0.39, 0.29) is 17.7 Å². The highest BCUT2D eigenvalue weighted by molar-refractivity contribution is 5.95. The summed E-state index contributed by atoms with van der Waals surface area (Å²) in [5.74, 6) is 2.26. The molecular formula is C25H26N4O4. The smallest absolute Gasteiger partial charge is 0.253 e. The second-order valence-electron chi connectivity index (χ2n) is 8.59. The number of nitrogens with zero attached hydrogens (tertiary/aromatic N) is 3. The van der Waals surface area contributed by atoms with E-state index in [1.54, 1.807) is 19.2 Å². The number of likely N-dealkylation sites (tertiary alicyclic amines) is 1. The molecule has 170 valence electrons. The Morgan fingerprint density at radius 1 is 1.00 bits per heavy atom. The van der Waals surface area contributed by atoms with E-state index >= 15 is 0 Å². The quantitative estimate of drug-likeness (QED) is 0.612. The Hall–Kier alpha value is -3.68. The van der Waals surface area contributed by atoms with Gasteiger partial charge in [0.1, 0.15) is 5.75 Å². The number of hydrogen-bond acceptors (Lipinski definition) is 6. The van der Waals surface area contributed by atoms with Crippen LogP contribution in [0.5, 0.6) is 5.75 Å². The van der Waals surface area contributed by atoms with Crippen molar-refractivity contribution in [3.63, 3.8) is 0 Å². The molecule has 0 bridgehead atoms. The van der Waals surface area contributed by atoms with Gasteiger partial charge in [-0.25, -0.2) is 0 Å². The number of ether oxygens (including phenoxy) is 1. The van der Waals surface area contributed by atoms with Crippen molar-refractivity contribution in [2.75, 3.05) is 25.5 Å². The van der Waals surface area contributed by atoms with Crippen molar-refractivity contribution in [2.24, 2.45) is 5.92 Å². The van der Waals surface area contributed by atoms with Crippen molar-refractivity contribution in [2.45, 2.75) is 31.6 Å². The third-order valence-corrected chi connectivity index (χ3v) is 6.27. The number of carbonyl (C=O) groups excluding carboxylic acids is 2. The average molecular weight is 447 g/mol. The van der Waals surface area contributed by atoms with Gasteiger partial charge in [-0.15, -0.1) is 0 Å². The zero-order chi connectivity index (χ0) is 22.8. The number of nitrogens with one attached hydrogen (secondary N) is 1. The lowest BCUT2D eigenvalue weighted by atomic mass is 9.95. The van der Waals surface area contributed by atoms with Gasteiger partial charge in [0.05, 0.1) is 7.11 Å². The van der Waals surface area contributed by atoms with Gasteiger partial charge in [0.15, 0.2) is 0 Å². The molecule has 0 atom stereocenters. The van der Waals surface area contributed by atoms with Crippen LogP contribution >= 0.6 is 0 Å². The summed E-state index contributed by atoms with van der Waals surface area (Å²) in [4.78, 5) is 31.8. The molecule has 1 saturated carbocycles. The number of amides is 2. The molecule has 1 aliphatic carbocycles. The van der Waals surface area contributed by atoms with E-state index in [0.29, 0.717) is 49.1 Å². The van der Waals surface area contributed by atoms with Crippen LogP contribution < -0.4 is 10.1 Å². The molecule has 0 spiro atoms. The van der Waals surface area contributed by atoms with Crippen molar-refractivity contribution in [3.8, 4) is 17.1 Å². The van der Waals surface area contributed by atoms with E-state index in [4.69, 9.17) is 9.26 Å². The molecule has 5 rings (SSSR count). The predicted octanol–water partition coefficient (Wildman–Crippen LogP) is 4.11. The van der Waals surface area contributed by atoms with E-state index in [1.807, 2.05) is 41.3 Å². The van der Waals surface area contributed by atoms with Crippen LogP contribution in [0.3, 0.4) is 0 Å². The van der Waals surface area contributed by atoms with Crippen LogP contribution in [-0.4, -0.2) is 47.1 Å². The average Bonchev–Trinajstić information content (AvgIpc) is 3.60. The number of aromatic nitrogens is 2. The fourth-order valence-electron chi connectivity index (χ4n) is 4.06. The molecule has 1 saturated heterocycles. The second-order valence-corrected chi connectivity index (χ2v) is 8.59. The van der Waals surface area contributed by atoms with E-state index < -0.39 is 0 Å². The summed E-state index contributed by atoms with van der Waals surface area (Å²) in [6, 6.07) is 14.6. The van der Waals surface area contributed by atoms with Crippen molar-refractivity contribution < 1.29 is 18.8 Å². The van der Waals surface area contributed by atoms with Crippen LogP contribution in [0.2, 0.25) is 0 Å². The molecule has 8 nitrogen and oxygen atoms in total. The molecule has 2 heterocycles. The third-order valence-electron chi connectivity index (χ3n) is 6.27. The van der Waals surface area contributed by atoms with Gasteiger partial charge in [-0.05, 0) is 62.1 Å². The van der Waals surface area contributed by atoms with Crippen LogP contribution in [0.4, 0.5) is 5.69 Å². The Bertz CT molecular complexity index is 1130. The molecule has 3 aromatic rings. The van der Waals surface area contributed by atoms with Gasteiger partial charge in [-0.3, -0.25) is 9.59 Å². The number of hydrogen-bond donors (Lipinski definition) is 1. The minimum absolute atomic E-state index is 0.0118. The topological polar surface area (TPSA) is 97.6 Å². The predicted molar refractivity (Wildman–Crippen MR) is 122 cm³/mol. The van der Waals surface area contributed by atoms with Crippen LogP contribution in [-0.2, 0) is 4.79 Å². The molecule has 8 heteroatoms.